The zero-order valence-corrected chi connectivity index (χ0v) is 12.4. The van der Waals surface area contributed by atoms with E-state index in [0.717, 1.165) is 30.4 Å². The summed E-state index contributed by atoms with van der Waals surface area (Å²) in [6.45, 7) is 7.33. The van der Waals surface area contributed by atoms with Crippen LogP contribution in [-0.2, 0) is 0 Å². The van der Waals surface area contributed by atoms with Crippen molar-refractivity contribution in [2.45, 2.75) is 32.7 Å². The molecule has 3 heteroatoms. The first-order valence-corrected chi connectivity index (χ1v) is 7.63. The highest BCUT2D eigenvalue weighted by Crippen LogP contribution is 2.34. The maximum absolute atomic E-state index is 6.11. The Kier molecular flexibility index (Phi) is 3.81. The molecular formula is C17H24N2O. The summed E-state index contributed by atoms with van der Waals surface area (Å²) in [5, 5.41) is 1.22. The molecule has 20 heavy (non-hydrogen) atoms. The lowest BCUT2D eigenvalue weighted by molar-refractivity contribution is 0.141. The van der Waals surface area contributed by atoms with Crippen LogP contribution >= 0.6 is 0 Å². The number of aryl methyl sites for hydroxylation is 1. The van der Waals surface area contributed by atoms with Crippen LogP contribution < -0.4 is 5.73 Å². The average molecular weight is 272 g/mol. The fourth-order valence-electron chi connectivity index (χ4n) is 3.39. The molecule has 1 saturated heterocycles. The van der Waals surface area contributed by atoms with Crippen molar-refractivity contribution in [3.63, 3.8) is 0 Å². The topological polar surface area (TPSA) is 42.4 Å². The molecule has 0 spiro atoms. The van der Waals surface area contributed by atoms with E-state index in [1.807, 2.05) is 12.1 Å². The molecule has 3 nitrogen and oxygen atoms in total. The summed E-state index contributed by atoms with van der Waals surface area (Å²) in [5.74, 6) is 1.85. The minimum atomic E-state index is 0.283. The van der Waals surface area contributed by atoms with Gasteiger partial charge in [-0.25, -0.2) is 0 Å². The molecule has 0 amide bonds. The van der Waals surface area contributed by atoms with E-state index >= 15 is 0 Å². The molecule has 0 saturated carbocycles. The predicted octanol–water partition coefficient (Wildman–Crippen LogP) is 3.47. The molecule has 1 atom stereocenters. The Balaban J connectivity index is 1.97. The fraction of sp³-hybridized carbons (Fsp3) is 0.529. The highest BCUT2D eigenvalue weighted by Gasteiger charge is 2.27. The molecule has 2 aromatic rings. The van der Waals surface area contributed by atoms with Gasteiger partial charge in [0, 0.05) is 17.5 Å². The van der Waals surface area contributed by atoms with Crippen molar-refractivity contribution in [1.29, 1.82) is 0 Å². The van der Waals surface area contributed by atoms with Gasteiger partial charge in [0.2, 0.25) is 0 Å². The monoisotopic (exact) mass is 272 g/mol. The molecule has 0 aliphatic carbocycles. The van der Waals surface area contributed by atoms with Crippen molar-refractivity contribution >= 4 is 11.0 Å². The Hall–Kier alpha value is -1.32. The van der Waals surface area contributed by atoms with E-state index in [0.29, 0.717) is 6.54 Å². The largest absolute Gasteiger partial charge is 0.461 e. The van der Waals surface area contributed by atoms with E-state index in [9.17, 15) is 0 Å². The Morgan fingerprint density at radius 1 is 1.30 bits per heavy atom. The van der Waals surface area contributed by atoms with Crippen LogP contribution in [0.3, 0.4) is 0 Å². The minimum Gasteiger partial charge on any atom is -0.461 e. The Bertz CT molecular complexity index is 582. The zero-order valence-electron chi connectivity index (χ0n) is 12.4. The molecule has 1 aromatic carbocycles. The van der Waals surface area contributed by atoms with Crippen molar-refractivity contribution in [1.82, 2.24) is 4.90 Å². The molecule has 1 aliphatic heterocycles. The van der Waals surface area contributed by atoms with Crippen molar-refractivity contribution < 1.29 is 4.42 Å². The molecule has 0 bridgehead atoms. The van der Waals surface area contributed by atoms with E-state index in [4.69, 9.17) is 10.2 Å². The van der Waals surface area contributed by atoms with Gasteiger partial charge in [0.05, 0.1) is 6.04 Å². The Morgan fingerprint density at radius 2 is 2.00 bits per heavy atom. The molecule has 1 aromatic heterocycles. The van der Waals surface area contributed by atoms with Crippen molar-refractivity contribution in [2.24, 2.45) is 11.7 Å². The number of fused-ring (bicyclic) bond motifs is 1. The third-order valence-electron chi connectivity index (χ3n) is 4.64. The second-order valence-corrected chi connectivity index (χ2v) is 6.04. The lowest BCUT2D eigenvalue weighted by Gasteiger charge is -2.36. The molecule has 0 radical (unpaired) electrons. The van der Waals surface area contributed by atoms with Gasteiger partial charge in [-0.05, 0) is 44.8 Å². The number of hydrogen-bond donors (Lipinski definition) is 1. The molecule has 1 aliphatic rings. The van der Waals surface area contributed by atoms with E-state index in [1.54, 1.807) is 0 Å². The smallest absolute Gasteiger partial charge is 0.134 e. The summed E-state index contributed by atoms with van der Waals surface area (Å²) < 4.78 is 5.91. The van der Waals surface area contributed by atoms with Crippen LogP contribution in [0.4, 0.5) is 0 Å². The quantitative estimate of drug-likeness (QED) is 0.930. The summed E-state index contributed by atoms with van der Waals surface area (Å²) in [6.07, 6.45) is 2.54. The molecule has 3 rings (SSSR count). The highest BCUT2D eigenvalue weighted by atomic mass is 16.3. The molecule has 1 unspecified atom stereocenters. The lowest BCUT2D eigenvalue weighted by Crippen LogP contribution is -2.39. The number of para-hydroxylation sites is 1. The number of benzene rings is 1. The molecule has 108 valence electrons. The first-order valence-electron chi connectivity index (χ1n) is 7.63. The van der Waals surface area contributed by atoms with Gasteiger partial charge < -0.3 is 10.2 Å². The van der Waals surface area contributed by atoms with Crippen LogP contribution in [0.15, 0.2) is 28.7 Å². The number of nitrogens with two attached hydrogens (primary N) is 1. The van der Waals surface area contributed by atoms with Crippen LogP contribution in [0.25, 0.3) is 11.0 Å². The van der Waals surface area contributed by atoms with Gasteiger partial charge in [-0.15, -0.1) is 0 Å². The van der Waals surface area contributed by atoms with E-state index in [2.05, 4.69) is 30.9 Å². The summed E-state index contributed by atoms with van der Waals surface area (Å²) in [7, 11) is 0. The van der Waals surface area contributed by atoms with Gasteiger partial charge in [-0.2, -0.15) is 0 Å². The standard InChI is InChI=1S/C17H24N2O/c1-12-7-9-19(10-8-12)15(11-18)17-13(2)20-16-6-4-3-5-14(16)17/h3-6,12,15H,7-11,18H2,1-2H3. The van der Waals surface area contributed by atoms with Crippen molar-refractivity contribution in [3.8, 4) is 0 Å². The van der Waals surface area contributed by atoms with E-state index < -0.39 is 0 Å². The zero-order chi connectivity index (χ0) is 14.1. The second kappa shape index (κ2) is 5.58. The van der Waals surface area contributed by atoms with Crippen molar-refractivity contribution in [3.05, 3.63) is 35.6 Å². The number of furan rings is 1. The molecular weight excluding hydrogens is 248 g/mol. The van der Waals surface area contributed by atoms with Crippen LogP contribution in [-0.4, -0.2) is 24.5 Å². The molecule has 1 fully saturated rings. The summed E-state index contributed by atoms with van der Waals surface area (Å²) in [6, 6.07) is 8.57. The normalized spacial score (nSPS) is 19.6. The van der Waals surface area contributed by atoms with Gasteiger partial charge in [-0.1, -0.05) is 25.1 Å². The summed E-state index contributed by atoms with van der Waals surface area (Å²) in [4.78, 5) is 2.53. The number of likely N-dealkylation sites (tertiary alicyclic amines) is 1. The van der Waals surface area contributed by atoms with Crippen LogP contribution in [0.5, 0.6) is 0 Å². The second-order valence-electron chi connectivity index (χ2n) is 6.04. The molecule has 2 heterocycles. The first kappa shape index (κ1) is 13.7. The summed E-state index contributed by atoms with van der Waals surface area (Å²) in [5.41, 5.74) is 8.37. The van der Waals surface area contributed by atoms with Crippen LogP contribution in [0.2, 0.25) is 0 Å². The van der Waals surface area contributed by atoms with Gasteiger partial charge >= 0.3 is 0 Å². The average Bonchev–Trinajstić information content (AvgIpc) is 2.79. The number of nitrogens with zero attached hydrogens (tertiary/aromatic N) is 1. The maximum atomic E-state index is 6.11. The van der Waals surface area contributed by atoms with Gasteiger partial charge in [0.1, 0.15) is 11.3 Å². The van der Waals surface area contributed by atoms with Crippen LogP contribution in [0, 0.1) is 12.8 Å². The third kappa shape index (κ3) is 2.36. The fourth-order valence-corrected chi connectivity index (χ4v) is 3.39. The highest BCUT2D eigenvalue weighted by molar-refractivity contribution is 5.82. The van der Waals surface area contributed by atoms with Gasteiger partial charge in [0.25, 0.3) is 0 Å². The van der Waals surface area contributed by atoms with Gasteiger partial charge in [0.15, 0.2) is 0 Å². The predicted molar refractivity (Wildman–Crippen MR) is 82.7 cm³/mol. The third-order valence-corrected chi connectivity index (χ3v) is 4.64. The SMILES string of the molecule is Cc1oc2ccccc2c1C(CN)N1CCC(C)CC1. The summed E-state index contributed by atoms with van der Waals surface area (Å²) >= 11 is 0. The minimum absolute atomic E-state index is 0.283. The van der Waals surface area contributed by atoms with Gasteiger partial charge in [-0.3, -0.25) is 4.90 Å². The maximum Gasteiger partial charge on any atom is 0.134 e. The first-order chi connectivity index (χ1) is 9.70. The van der Waals surface area contributed by atoms with E-state index in [-0.39, 0.29) is 6.04 Å². The number of piperidine rings is 1. The Morgan fingerprint density at radius 3 is 2.70 bits per heavy atom. The van der Waals surface area contributed by atoms with E-state index in [1.165, 1.54) is 23.8 Å². The number of rotatable bonds is 3. The Labute approximate surface area is 120 Å². The molecule has 2 N–H and O–H groups in total. The van der Waals surface area contributed by atoms with Crippen LogP contribution in [0.1, 0.15) is 37.1 Å². The number of hydrogen-bond acceptors (Lipinski definition) is 3. The van der Waals surface area contributed by atoms with Crippen molar-refractivity contribution in [2.75, 3.05) is 19.6 Å². The lowest BCUT2D eigenvalue weighted by atomic mass is 9.94.